The maximum Gasteiger partial charge on any atom is 0.264 e. The number of aromatic nitrogens is 4. The maximum atomic E-state index is 13.1. The van der Waals surface area contributed by atoms with Crippen LogP contribution in [0.1, 0.15) is 19.8 Å². The number of hydrogen-bond acceptors (Lipinski definition) is 4. The molecule has 0 aliphatic carbocycles. The van der Waals surface area contributed by atoms with E-state index in [1.165, 1.54) is 33.9 Å². The van der Waals surface area contributed by atoms with E-state index in [-0.39, 0.29) is 23.8 Å². The van der Waals surface area contributed by atoms with Gasteiger partial charge in [-0.2, -0.15) is 5.10 Å². The van der Waals surface area contributed by atoms with Crippen LogP contribution in [0.2, 0.25) is 0 Å². The van der Waals surface area contributed by atoms with Gasteiger partial charge in [-0.25, -0.2) is 14.1 Å². The Kier molecular flexibility index (Phi) is 4.47. The van der Waals surface area contributed by atoms with Crippen LogP contribution in [0.4, 0.5) is 4.39 Å². The van der Waals surface area contributed by atoms with Gasteiger partial charge in [0.1, 0.15) is 24.1 Å². The lowest BCUT2D eigenvalue weighted by Gasteiger charge is -2.31. The van der Waals surface area contributed by atoms with Crippen molar-refractivity contribution in [2.75, 3.05) is 13.1 Å². The third-order valence-electron chi connectivity index (χ3n) is 4.94. The molecule has 8 heteroatoms. The van der Waals surface area contributed by atoms with Gasteiger partial charge in [-0.05, 0) is 43.0 Å². The number of likely N-dealkylation sites (tertiary alicyclic amines) is 1. The Morgan fingerprint density at radius 3 is 2.81 bits per heavy atom. The number of amides is 1. The number of fused-ring (bicyclic) bond motifs is 1. The number of piperidine rings is 1. The fraction of sp³-hybridized carbons (Fsp3) is 0.368. The summed E-state index contributed by atoms with van der Waals surface area (Å²) in [5.74, 6) is 0.0563. The Morgan fingerprint density at radius 2 is 2.07 bits per heavy atom. The molecule has 1 saturated heterocycles. The van der Waals surface area contributed by atoms with Crippen molar-refractivity contribution in [1.29, 1.82) is 0 Å². The van der Waals surface area contributed by atoms with Crippen LogP contribution in [0.25, 0.3) is 16.7 Å². The molecule has 140 valence electrons. The van der Waals surface area contributed by atoms with E-state index in [1.807, 2.05) is 4.90 Å². The van der Waals surface area contributed by atoms with E-state index in [0.717, 1.165) is 25.9 Å². The minimum atomic E-state index is -0.351. The topological polar surface area (TPSA) is 73.0 Å². The first-order valence-corrected chi connectivity index (χ1v) is 9.00. The van der Waals surface area contributed by atoms with Gasteiger partial charge < -0.3 is 4.90 Å². The van der Waals surface area contributed by atoms with E-state index in [4.69, 9.17) is 0 Å². The Hall–Kier alpha value is -3.03. The van der Waals surface area contributed by atoms with Crippen LogP contribution in [0.3, 0.4) is 0 Å². The third kappa shape index (κ3) is 3.34. The van der Waals surface area contributed by atoms with Gasteiger partial charge in [0.2, 0.25) is 5.91 Å². The molecule has 0 bridgehead atoms. The van der Waals surface area contributed by atoms with E-state index in [0.29, 0.717) is 22.6 Å². The van der Waals surface area contributed by atoms with Gasteiger partial charge in [0, 0.05) is 13.1 Å². The summed E-state index contributed by atoms with van der Waals surface area (Å²) in [6.45, 7) is 3.56. The van der Waals surface area contributed by atoms with E-state index >= 15 is 0 Å². The first-order chi connectivity index (χ1) is 13.0. The molecule has 0 radical (unpaired) electrons. The van der Waals surface area contributed by atoms with Crippen LogP contribution < -0.4 is 5.56 Å². The Labute approximate surface area is 155 Å². The lowest BCUT2D eigenvalue weighted by atomic mass is 10.0. The standard InChI is InChI=1S/C19H20FN5O2/c1-13-3-2-8-23(10-13)17(26)11-24-12-21-18-16(19(24)27)9-22-25(18)15-6-4-14(20)5-7-15/h4-7,9,12-13H,2-3,8,10-11H2,1H3/t13-/m0/s1. The van der Waals surface area contributed by atoms with Crippen molar-refractivity contribution >= 4 is 16.9 Å². The van der Waals surface area contributed by atoms with E-state index in [1.54, 1.807) is 12.1 Å². The fourth-order valence-electron chi connectivity index (χ4n) is 3.49. The van der Waals surface area contributed by atoms with E-state index in [9.17, 15) is 14.0 Å². The molecular weight excluding hydrogens is 349 g/mol. The van der Waals surface area contributed by atoms with Crippen molar-refractivity contribution in [2.24, 2.45) is 5.92 Å². The zero-order chi connectivity index (χ0) is 19.0. The number of nitrogens with zero attached hydrogens (tertiary/aromatic N) is 5. The number of halogens is 1. The molecule has 0 spiro atoms. The Bertz CT molecular complexity index is 1040. The van der Waals surface area contributed by atoms with Crippen LogP contribution >= 0.6 is 0 Å². The number of hydrogen-bond donors (Lipinski definition) is 0. The lowest BCUT2D eigenvalue weighted by molar-refractivity contribution is -0.133. The smallest absolute Gasteiger partial charge is 0.264 e. The van der Waals surface area contributed by atoms with Crippen LogP contribution in [-0.2, 0) is 11.3 Å². The van der Waals surface area contributed by atoms with Crippen molar-refractivity contribution in [2.45, 2.75) is 26.3 Å². The molecule has 1 fully saturated rings. The summed E-state index contributed by atoms with van der Waals surface area (Å²) in [6, 6.07) is 5.77. The molecule has 4 rings (SSSR count). The third-order valence-corrected chi connectivity index (χ3v) is 4.94. The maximum absolute atomic E-state index is 13.1. The van der Waals surface area contributed by atoms with Crippen LogP contribution in [0.15, 0.2) is 41.6 Å². The average molecular weight is 369 g/mol. The molecule has 1 aliphatic rings. The molecule has 1 atom stereocenters. The minimum absolute atomic E-state index is 0.0315. The first kappa shape index (κ1) is 17.4. The highest BCUT2D eigenvalue weighted by Gasteiger charge is 2.22. The summed E-state index contributed by atoms with van der Waals surface area (Å²) in [5.41, 5.74) is 0.670. The second-order valence-electron chi connectivity index (χ2n) is 7.03. The predicted molar refractivity (Wildman–Crippen MR) is 98.1 cm³/mol. The molecule has 1 aliphatic heterocycles. The van der Waals surface area contributed by atoms with Crippen LogP contribution in [0, 0.1) is 11.7 Å². The van der Waals surface area contributed by atoms with Gasteiger partial charge in [0.05, 0.1) is 11.9 Å². The molecule has 0 N–H and O–H groups in total. The van der Waals surface area contributed by atoms with E-state index in [2.05, 4.69) is 17.0 Å². The molecule has 2 aromatic heterocycles. The zero-order valence-corrected chi connectivity index (χ0v) is 15.0. The SMILES string of the molecule is C[C@H]1CCCN(C(=O)Cn2cnc3c(cnn3-c3ccc(F)cc3)c2=O)C1. The molecule has 3 aromatic rings. The number of benzene rings is 1. The van der Waals surface area contributed by atoms with Crippen molar-refractivity contribution < 1.29 is 9.18 Å². The van der Waals surface area contributed by atoms with Crippen molar-refractivity contribution in [3.8, 4) is 5.69 Å². The van der Waals surface area contributed by atoms with Crippen molar-refractivity contribution in [3.05, 3.63) is 53.0 Å². The molecule has 0 unspecified atom stereocenters. The Balaban J connectivity index is 1.62. The summed E-state index contributed by atoms with van der Waals surface area (Å²) in [6.07, 6.45) is 4.92. The predicted octanol–water partition coefficient (Wildman–Crippen LogP) is 1.98. The van der Waals surface area contributed by atoms with Crippen LogP contribution in [0.5, 0.6) is 0 Å². The molecule has 1 amide bonds. The molecule has 27 heavy (non-hydrogen) atoms. The van der Waals surface area contributed by atoms with Gasteiger partial charge in [-0.15, -0.1) is 0 Å². The summed E-state index contributed by atoms with van der Waals surface area (Å²) < 4.78 is 15.9. The second kappa shape index (κ2) is 6.94. The molecule has 3 heterocycles. The van der Waals surface area contributed by atoms with Gasteiger partial charge in [-0.1, -0.05) is 6.92 Å². The molecule has 1 aromatic carbocycles. The van der Waals surface area contributed by atoms with Gasteiger partial charge in [0.25, 0.3) is 5.56 Å². The summed E-state index contributed by atoms with van der Waals surface area (Å²) >= 11 is 0. The largest absolute Gasteiger partial charge is 0.341 e. The van der Waals surface area contributed by atoms with E-state index < -0.39 is 0 Å². The summed E-state index contributed by atoms with van der Waals surface area (Å²) in [7, 11) is 0. The fourth-order valence-corrected chi connectivity index (χ4v) is 3.49. The monoisotopic (exact) mass is 369 g/mol. The minimum Gasteiger partial charge on any atom is -0.341 e. The summed E-state index contributed by atoms with van der Waals surface area (Å²) in [4.78, 5) is 31.4. The Morgan fingerprint density at radius 1 is 1.30 bits per heavy atom. The average Bonchev–Trinajstić information content (AvgIpc) is 3.09. The quantitative estimate of drug-likeness (QED) is 0.708. The van der Waals surface area contributed by atoms with Gasteiger partial charge in [-0.3, -0.25) is 14.2 Å². The van der Waals surface area contributed by atoms with Crippen molar-refractivity contribution in [3.63, 3.8) is 0 Å². The van der Waals surface area contributed by atoms with Gasteiger partial charge >= 0.3 is 0 Å². The lowest BCUT2D eigenvalue weighted by Crippen LogP contribution is -2.42. The zero-order valence-electron chi connectivity index (χ0n) is 15.0. The first-order valence-electron chi connectivity index (χ1n) is 9.00. The highest BCUT2D eigenvalue weighted by molar-refractivity contribution is 5.78. The van der Waals surface area contributed by atoms with Crippen molar-refractivity contribution in [1.82, 2.24) is 24.2 Å². The normalized spacial score (nSPS) is 17.4. The number of carbonyl (C=O) groups excluding carboxylic acids is 1. The van der Waals surface area contributed by atoms with Gasteiger partial charge in [0.15, 0.2) is 5.65 Å². The highest BCUT2D eigenvalue weighted by atomic mass is 19.1. The highest BCUT2D eigenvalue weighted by Crippen LogP contribution is 2.16. The molecular formula is C19H20FN5O2. The number of carbonyl (C=O) groups is 1. The number of rotatable bonds is 3. The molecule has 0 saturated carbocycles. The van der Waals surface area contributed by atoms with Crippen LogP contribution in [-0.4, -0.2) is 43.2 Å². The summed E-state index contributed by atoms with van der Waals surface area (Å²) in [5, 5.41) is 4.52. The second-order valence-corrected chi connectivity index (χ2v) is 7.03. The molecule has 7 nitrogen and oxygen atoms in total.